The van der Waals surface area contributed by atoms with Gasteiger partial charge in [-0.3, -0.25) is 19.2 Å². The quantitative estimate of drug-likeness (QED) is 0.469. The highest BCUT2D eigenvalue weighted by molar-refractivity contribution is 6.11. The minimum absolute atomic E-state index is 0.139. The molecule has 0 aliphatic heterocycles. The van der Waals surface area contributed by atoms with Gasteiger partial charge in [0.05, 0.1) is 11.8 Å². The fourth-order valence-corrected chi connectivity index (χ4v) is 6.01. The van der Waals surface area contributed by atoms with Crippen molar-refractivity contribution in [1.29, 1.82) is 0 Å². The molecular weight excluding hydrogens is 426 g/mol. The molecule has 2 aliphatic carbocycles. The zero-order chi connectivity index (χ0) is 25.3. The maximum Gasteiger partial charge on any atom is 0.144 e. The van der Waals surface area contributed by atoms with Crippen LogP contribution < -0.4 is 4.90 Å². The monoisotopic (exact) mass is 467 g/mol. The summed E-state index contributed by atoms with van der Waals surface area (Å²) in [6.45, 7) is 13.9. The van der Waals surface area contributed by atoms with Crippen LogP contribution in [0.15, 0.2) is 24.3 Å². The van der Waals surface area contributed by atoms with E-state index in [1.54, 1.807) is 0 Å². The minimum atomic E-state index is -0.930. The van der Waals surface area contributed by atoms with E-state index in [-0.39, 0.29) is 34.0 Å². The van der Waals surface area contributed by atoms with Crippen LogP contribution >= 0.6 is 0 Å². The first-order valence-corrected chi connectivity index (χ1v) is 12.8. The largest absolute Gasteiger partial charge is 0.372 e. The van der Waals surface area contributed by atoms with Gasteiger partial charge in [-0.2, -0.15) is 0 Å². The number of hydrogen-bond donors (Lipinski definition) is 0. The molecule has 2 aliphatic rings. The summed E-state index contributed by atoms with van der Waals surface area (Å²) in [6.07, 6.45) is 3.23. The number of carbonyl (C=O) groups excluding carboxylic acids is 4. The van der Waals surface area contributed by atoms with Crippen LogP contribution in [0.25, 0.3) is 0 Å². The highest BCUT2D eigenvalue weighted by atomic mass is 16.2. The van der Waals surface area contributed by atoms with E-state index in [0.29, 0.717) is 25.7 Å². The predicted octanol–water partition coefficient (Wildman–Crippen LogP) is 5.55. The molecule has 0 bridgehead atoms. The number of hydrogen-bond acceptors (Lipinski definition) is 5. The molecular formula is C29H41NO4. The van der Waals surface area contributed by atoms with Crippen molar-refractivity contribution in [2.75, 3.05) is 18.0 Å². The third kappa shape index (κ3) is 5.67. The summed E-state index contributed by atoms with van der Waals surface area (Å²) in [6, 6.07) is 7.88. The summed E-state index contributed by atoms with van der Waals surface area (Å²) in [4.78, 5) is 55.6. The average molecular weight is 468 g/mol. The molecule has 34 heavy (non-hydrogen) atoms. The lowest BCUT2D eigenvalue weighted by molar-refractivity contribution is -0.145. The topological polar surface area (TPSA) is 71.5 Å². The van der Waals surface area contributed by atoms with Crippen LogP contribution in [0.2, 0.25) is 0 Å². The number of anilines is 1. The third-order valence-electron chi connectivity index (χ3n) is 7.35. The van der Waals surface area contributed by atoms with Gasteiger partial charge in [-0.25, -0.2) is 0 Å². The maximum atomic E-state index is 13.3. The van der Waals surface area contributed by atoms with E-state index in [4.69, 9.17) is 0 Å². The van der Waals surface area contributed by atoms with Gasteiger partial charge in [-0.05, 0) is 41.4 Å². The fourth-order valence-electron chi connectivity index (χ4n) is 6.01. The number of carbonyl (C=O) groups is 4. The van der Waals surface area contributed by atoms with E-state index in [9.17, 15) is 19.2 Å². The lowest BCUT2D eigenvalue weighted by Crippen LogP contribution is -2.48. The standard InChI is InChI=1S/C29H41NO4/c1-7-13-30(14-8-2)20-11-9-19(10-12-20)25(26-21(31)15-28(3,4)16-22(26)32)27-23(33)17-29(5,6)18-24(27)34/h9-12,25-27H,7-8,13-18H2,1-6H3. The highest BCUT2D eigenvalue weighted by Crippen LogP contribution is 2.47. The van der Waals surface area contributed by atoms with Gasteiger partial charge in [-0.1, -0.05) is 53.7 Å². The van der Waals surface area contributed by atoms with Crippen LogP contribution in [0.5, 0.6) is 0 Å². The van der Waals surface area contributed by atoms with E-state index in [1.807, 2.05) is 52.0 Å². The van der Waals surface area contributed by atoms with Crippen molar-refractivity contribution in [3.63, 3.8) is 0 Å². The lowest BCUT2D eigenvalue weighted by Gasteiger charge is -2.41. The molecule has 0 amide bonds. The van der Waals surface area contributed by atoms with E-state index in [2.05, 4.69) is 18.7 Å². The molecule has 0 atom stereocenters. The number of ketones is 4. The third-order valence-corrected chi connectivity index (χ3v) is 7.35. The summed E-state index contributed by atoms with van der Waals surface area (Å²) in [7, 11) is 0. The SMILES string of the molecule is CCCN(CCC)c1ccc(C(C2C(=O)CC(C)(C)CC2=O)C2C(=O)CC(C)(C)CC2=O)cc1. The molecule has 0 radical (unpaired) electrons. The van der Waals surface area contributed by atoms with Crippen LogP contribution in [0.1, 0.15) is 91.5 Å². The van der Waals surface area contributed by atoms with Crippen molar-refractivity contribution in [3.05, 3.63) is 29.8 Å². The molecule has 0 saturated heterocycles. The highest BCUT2D eigenvalue weighted by Gasteiger charge is 2.52. The molecule has 2 saturated carbocycles. The first-order valence-electron chi connectivity index (χ1n) is 12.8. The summed E-state index contributed by atoms with van der Waals surface area (Å²) < 4.78 is 0. The Morgan fingerprint density at radius 3 is 1.38 bits per heavy atom. The van der Waals surface area contributed by atoms with Gasteiger partial charge in [0.1, 0.15) is 23.1 Å². The van der Waals surface area contributed by atoms with Gasteiger partial charge < -0.3 is 4.90 Å². The Labute approximate surface area is 204 Å². The number of benzene rings is 1. The van der Waals surface area contributed by atoms with E-state index < -0.39 is 17.8 Å². The van der Waals surface area contributed by atoms with E-state index in [0.717, 1.165) is 37.2 Å². The van der Waals surface area contributed by atoms with E-state index in [1.165, 1.54) is 0 Å². The van der Waals surface area contributed by atoms with Gasteiger partial charge in [0.15, 0.2) is 0 Å². The van der Waals surface area contributed by atoms with Crippen molar-refractivity contribution >= 4 is 28.8 Å². The molecule has 1 aromatic rings. The van der Waals surface area contributed by atoms with Crippen LogP contribution in [0, 0.1) is 22.7 Å². The second-order valence-corrected chi connectivity index (χ2v) is 12.0. The first-order chi connectivity index (χ1) is 15.9. The van der Waals surface area contributed by atoms with Crippen molar-refractivity contribution in [3.8, 4) is 0 Å². The fraction of sp³-hybridized carbons (Fsp3) is 0.655. The molecule has 0 aromatic heterocycles. The maximum absolute atomic E-state index is 13.3. The molecule has 3 rings (SSSR count). The van der Waals surface area contributed by atoms with Crippen molar-refractivity contribution in [2.24, 2.45) is 22.7 Å². The number of Topliss-reactive ketones (excluding diaryl/α,β-unsaturated/α-hetero) is 4. The van der Waals surface area contributed by atoms with Crippen LogP contribution in [0.3, 0.4) is 0 Å². The molecule has 2 fully saturated rings. The second kappa shape index (κ2) is 10.1. The molecule has 1 aromatic carbocycles. The second-order valence-electron chi connectivity index (χ2n) is 12.0. The Morgan fingerprint density at radius 2 is 1.06 bits per heavy atom. The average Bonchev–Trinajstić information content (AvgIpc) is 2.70. The van der Waals surface area contributed by atoms with Crippen LogP contribution in [-0.4, -0.2) is 36.2 Å². The Kier molecular flexibility index (Phi) is 7.84. The Hall–Kier alpha value is -2.30. The van der Waals surface area contributed by atoms with Gasteiger partial charge >= 0.3 is 0 Å². The Morgan fingerprint density at radius 1 is 0.706 bits per heavy atom. The summed E-state index contributed by atoms with van der Waals surface area (Å²) >= 11 is 0. The van der Waals surface area contributed by atoms with Crippen LogP contribution in [-0.2, 0) is 19.2 Å². The van der Waals surface area contributed by atoms with Crippen molar-refractivity contribution < 1.29 is 19.2 Å². The van der Waals surface area contributed by atoms with Gasteiger partial charge in [0, 0.05) is 50.4 Å². The molecule has 0 spiro atoms. The van der Waals surface area contributed by atoms with Gasteiger partial charge in [-0.15, -0.1) is 0 Å². The van der Waals surface area contributed by atoms with Gasteiger partial charge in [0.25, 0.3) is 0 Å². The van der Waals surface area contributed by atoms with Crippen molar-refractivity contribution in [2.45, 2.75) is 86.0 Å². The van der Waals surface area contributed by atoms with Crippen LogP contribution in [0.4, 0.5) is 5.69 Å². The number of rotatable bonds is 8. The van der Waals surface area contributed by atoms with E-state index >= 15 is 0 Å². The molecule has 5 heteroatoms. The molecule has 186 valence electrons. The smallest absolute Gasteiger partial charge is 0.144 e. The molecule has 0 N–H and O–H groups in total. The summed E-state index contributed by atoms with van der Waals surface area (Å²) in [5, 5.41) is 0. The predicted molar refractivity (Wildman–Crippen MR) is 135 cm³/mol. The zero-order valence-electron chi connectivity index (χ0n) is 21.8. The van der Waals surface area contributed by atoms with Crippen molar-refractivity contribution in [1.82, 2.24) is 0 Å². The Balaban J connectivity index is 2.04. The first kappa shape index (κ1) is 26.3. The number of nitrogens with zero attached hydrogens (tertiary/aromatic N) is 1. The normalized spacial score (nSPS) is 21.4. The molecule has 0 unspecified atom stereocenters. The summed E-state index contributed by atoms with van der Waals surface area (Å²) in [5.41, 5.74) is 1.05. The van der Waals surface area contributed by atoms with Gasteiger partial charge in [0.2, 0.25) is 0 Å². The zero-order valence-corrected chi connectivity index (χ0v) is 21.8. The molecule has 0 heterocycles. The summed E-state index contributed by atoms with van der Waals surface area (Å²) in [5.74, 6) is -3.13. The lowest BCUT2D eigenvalue weighted by atomic mass is 9.59. The molecule has 5 nitrogen and oxygen atoms in total. The minimum Gasteiger partial charge on any atom is -0.372 e. The Bertz CT molecular complexity index is 849.